The van der Waals surface area contributed by atoms with E-state index in [2.05, 4.69) is 0 Å². The normalized spacial score (nSPS) is 14.3. The maximum atomic E-state index is 9.86. The van der Waals surface area contributed by atoms with Gasteiger partial charge in [0.2, 0.25) is 0 Å². The molecular formula is C11H16O. The number of aliphatic hydroxyl groups is 1. The molecule has 1 aromatic carbocycles. The first-order valence-corrected chi connectivity index (χ1v) is 4.25. The highest BCUT2D eigenvalue weighted by Crippen LogP contribution is 2.31. The quantitative estimate of drug-likeness (QED) is 0.676. The van der Waals surface area contributed by atoms with Crippen LogP contribution in [0.5, 0.6) is 0 Å². The largest absolute Gasteiger partial charge is 0.388 e. The molecule has 0 saturated carbocycles. The molecule has 66 valence electrons. The van der Waals surface area contributed by atoms with Crippen molar-refractivity contribution in [3.05, 3.63) is 35.9 Å². The first-order valence-electron chi connectivity index (χ1n) is 4.25. The molecule has 1 rings (SSSR count). The van der Waals surface area contributed by atoms with E-state index in [1.165, 1.54) is 0 Å². The van der Waals surface area contributed by atoms with Crippen molar-refractivity contribution < 1.29 is 5.11 Å². The predicted octanol–water partition coefficient (Wildman–Crippen LogP) is 2.77. The lowest BCUT2D eigenvalue weighted by atomic mass is 9.85. The van der Waals surface area contributed by atoms with Crippen molar-refractivity contribution in [2.75, 3.05) is 0 Å². The number of hydrogen-bond donors (Lipinski definition) is 1. The molecule has 0 spiro atoms. The zero-order valence-electron chi connectivity index (χ0n) is 7.91. The van der Waals surface area contributed by atoms with Crippen molar-refractivity contribution >= 4 is 0 Å². The summed E-state index contributed by atoms with van der Waals surface area (Å²) >= 11 is 0. The van der Waals surface area contributed by atoms with Crippen molar-refractivity contribution in [2.45, 2.75) is 26.9 Å². The van der Waals surface area contributed by atoms with Crippen LogP contribution in [0.4, 0.5) is 0 Å². The summed E-state index contributed by atoms with van der Waals surface area (Å²) in [7, 11) is 0. The van der Waals surface area contributed by atoms with Crippen LogP contribution in [0.25, 0.3) is 0 Å². The van der Waals surface area contributed by atoms with Crippen molar-refractivity contribution in [2.24, 2.45) is 5.41 Å². The minimum absolute atomic E-state index is 0.0820. The number of aliphatic hydroxyl groups excluding tert-OH is 1. The molecule has 0 radical (unpaired) electrons. The highest BCUT2D eigenvalue weighted by Gasteiger charge is 2.22. The highest BCUT2D eigenvalue weighted by molar-refractivity contribution is 5.18. The van der Waals surface area contributed by atoms with E-state index in [4.69, 9.17) is 0 Å². The van der Waals surface area contributed by atoms with Crippen molar-refractivity contribution in [1.29, 1.82) is 0 Å². The minimum Gasteiger partial charge on any atom is -0.388 e. The summed E-state index contributed by atoms with van der Waals surface area (Å²) in [5, 5.41) is 9.86. The Kier molecular flexibility index (Phi) is 2.53. The minimum atomic E-state index is -0.376. The summed E-state index contributed by atoms with van der Waals surface area (Å²) in [6, 6.07) is 9.76. The summed E-state index contributed by atoms with van der Waals surface area (Å²) in [5.41, 5.74) is 0.909. The van der Waals surface area contributed by atoms with Gasteiger partial charge in [-0.2, -0.15) is 0 Å². The fourth-order valence-corrected chi connectivity index (χ4v) is 1.14. The van der Waals surface area contributed by atoms with Crippen LogP contribution in [0.15, 0.2) is 30.3 Å². The van der Waals surface area contributed by atoms with E-state index in [9.17, 15) is 5.11 Å². The van der Waals surface area contributed by atoms with Gasteiger partial charge in [-0.25, -0.2) is 0 Å². The van der Waals surface area contributed by atoms with E-state index in [1.807, 2.05) is 51.1 Å². The average Bonchev–Trinajstić information content (AvgIpc) is 2.03. The van der Waals surface area contributed by atoms with E-state index >= 15 is 0 Å². The van der Waals surface area contributed by atoms with Gasteiger partial charge in [-0.05, 0) is 11.0 Å². The second kappa shape index (κ2) is 3.28. The molecular weight excluding hydrogens is 148 g/mol. The number of hydrogen-bond acceptors (Lipinski definition) is 1. The first kappa shape index (κ1) is 9.27. The highest BCUT2D eigenvalue weighted by atomic mass is 16.3. The lowest BCUT2D eigenvalue weighted by Crippen LogP contribution is -2.17. The number of rotatable bonds is 1. The zero-order chi connectivity index (χ0) is 9.19. The van der Waals surface area contributed by atoms with Gasteiger partial charge in [0.15, 0.2) is 0 Å². The van der Waals surface area contributed by atoms with Crippen LogP contribution >= 0.6 is 0 Å². The Balaban J connectivity index is 2.86. The van der Waals surface area contributed by atoms with Gasteiger partial charge in [0, 0.05) is 0 Å². The Morgan fingerprint density at radius 2 is 1.58 bits per heavy atom. The Morgan fingerprint density at radius 3 is 2.00 bits per heavy atom. The molecule has 0 saturated heterocycles. The van der Waals surface area contributed by atoms with E-state index in [0.717, 1.165) is 5.56 Å². The lowest BCUT2D eigenvalue weighted by Gasteiger charge is -2.25. The van der Waals surface area contributed by atoms with Crippen LogP contribution in [0, 0.1) is 5.41 Å². The molecule has 1 atom stereocenters. The van der Waals surface area contributed by atoms with Crippen LogP contribution in [0.1, 0.15) is 32.4 Å². The Bertz CT molecular complexity index is 233. The molecule has 0 amide bonds. The SMILES string of the molecule is CC(C)(C)[C@@H](O)c1ccccc1. The topological polar surface area (TPSA) is 20.2 Å². The molecule has 0 heterocycles. The zero-order valence-corrected chi connectivity index (χ0v) is 7.91. The molecule has 1 aromatic rings. The Morgan fingerprint density at radius 1 is 1.08 bits per heavy atom. The molecule has 0 fully saturated rings. The fraction of sp³-hybridized carbons (Fsp3) is 0.455. The molecule has 0 aliphatic carbocycles. The van der Waals surface area contributed by atoms with Crippen LogP contribution in [-0.4, -0.2) is 5.11 Å². The van der Waals surface area contributed by atoms with Gasteiger partial charge in [-0.15, -0.1) is 0 Å². The van der Waals surface area contributed by atoms with Gasteiger partial charge >= 0.3 is 0 Å². The molecule has 1 N–H and O–H groups in total. The second-order valence-corrected chi connectivity index (χ2v) is 4.18. The Hall–Kier alpha value is -0.820. The molecule has 0 aliphatic rings. The van der Waals surface area contributed by atoms with Crippen LogP contribution in [-0.2, 0) is 0 Å². The van der Waals surface area contributed by atoms with Crippen LogP contribution in [0.3, 0.4) is 0 Å². The molecule has 1 heteroatoms. The maximum absolute atomic E-state index is 9.86. The van der Waals surface area contributed by atoms with Gasteiger partial charge in [0.25, 0.3) is 0 Å². The third-order valence-electron chi connectivity index (χ3n) is 1.94. The molecule has 0 aliphatic heterocycles. The van der Waals surface area contributed by atoms with Crippen LogP contribution in [0.2, 0.25) is 0 Å². The molecule has 12 heavy (non-hydrogen) atoms. The third kappa shape index (κ3) is 2.08. The van der Waals surface area contributed by atoms with Gasteiger partial charge < -0.3 is 5.11 Å². The molecule has 0 bridgehead atoms. The van der Waals surface area contributed by atoms with E-state index < -0.39 is 0 Å². The summed E-state index contributed by atoms with van der Waals surface area (Å²) in [6.07, 6.45) is -0.376. The fourth-order valence-electron chi connectivity index (χ4n) is 1.14. The van der Waals surface area contributed by atoms with Gasteiger partial charge in [0.05, 0.1) is 6.10 Å². The first-order chi connectivity index (χ1) is 5.52. The maximum Gasteiger partial charge on any atom is 0.0838 e. The van der Waals surface area contributed by atoms with Crippen LogP contribution < -0.4 is 0 Å². The Labute approximate surface area is 74.1 Å². The summed E-state index contributed by atoms with van der Waals surface area (Å²) < 4.78 is 0. The molecule has 1 nitrogen and oxygen atoms in total. The van der Waals surface area contributed by atoms with Gasteiger partial charge in [0.1, 0.15) is 0 Å². The third-order valence-corrected chi connectivity index (χ3v) is 1.94. The molecule has 0 unspecified atom stereocenters. The summed E-state index contributed by atoms with van der Waals surface area (Å²) in [5.74, 6) is 0. The number of benzene rings is 1. The smallest absolute Gasteiger partial charge is 0.0838 e. The van der Waals surface area contributed by atoms with E-state index in [-0.39, 0.29) is 11.5 Å². The second-order valence-electron chi connectivity index (χ2n) is 4.18. The molecule has 0 aromatic heterocycles. The monoisotopic (exact) mass is 164 g/mol. The predicted molar refractivity (Wildman–Crippen MR) is 50.9 cm³/mol. The van der Waals surface area contributed by atoms with Gasteiger partial charge in [-0.1, -0.05) is 51.1 Å². The lowest BCUT2D eigenvalue weighted by molar-refractivity contribution is 0.0627. The standard InChI is InChI=1S/C11H16O/c1-11(2,3)10(12)9-7-5-4-6-8-9/h4-8,10,12H,1-3H3/t10-/m0/s1. The van der Waals surface area contributed by atoms with Crippen molar-refractivity contribution in [1.82, 2.24) is 0 Å². The van der Waals surface area contributed by atoms with Gasteiger partial charge in [-0.3, -0.25) is 0 Å². The van der Waals surface area contributed by atoms with E-state index in [0.29, 0.717) is 0 Å². The van der Waals surface area contributed by atoms with E-state index in [1.54, 1.807) is 0 Å². The van der Waals surface area contributed by atoms with Crippen molar-refractivity contribution in [3.63, 3.8) is 0 Å². The van der Waals surface area contributed by atoms with Crippen molar-refractivity contribution in [3.8, 4) is 0 Å². The average molecular weight is 164 g/mol. The summed E-state index contributed by atoms with van der Waals surface area (Å²) in [4.78, 5) is 0. The summed E-state index contributed by atoms with van der Waals surface area (Å²) in [6.45, 7) is 6.10.